The molecule has 0 aliphatic carbocycles. The number of pyridine rings is 1. The van der Waals surface area contributed by atoms with E-state index in [1.807, 2.05) is 0 Å². The highest BCUT2D eigenvalue weighted by atomic mass is 32.2. The Bertz CT molecular complexity index is 881. The van der Waals surface area contributed by atoms with Crippen molar-refractivity contribution in [2.45, 2.75) is 11.3 Å². The molecule has 9 nitrogen and oxygen atoms in total. The first-order chi connectivity index (χ1) is 11.6. The minimum atomic E-state index is -3.79. The van der Waals surface area contributed by atoms with Gasteiger partial charge in [-0.25, -0.2) is 17.7 Å². The molecule has 0 saturated carbocycles. The van der Waals surface area contributed by atoms with Crippen LogP contribution in [0.2, 0.25) is 0 Å². The first kappa shape index (κ1) is 15.9. The molecule has 3 aromatic rings. The van der Waals surface area contributed by atoms with Gasteiger partial charge in [0.05, 0.1) is 4.90 Å². The summed E-state index contributed by atoms with van der Waals surface area (Å²) >= 11 is 0. The number of aromatic amines is 1. The zero-order valence-electron chi connectivity index (χ0n) is 12.6. The van der Waals surface area contributed by atoms with Crippen molar-refractivity contribution >= 4 is 21.5 Å². The third-order valence-electron chi connectivity index (χ3n) is 3.30. The van der Waals surface area contributed by atoms with Crippen molar-refractivity contribution in [3.05, 3.63) is 54.5 Å². The zero-order valence-corrected chi connectivity index (χ0v) is 13.4. The summed E-state index contributed by atoms with van der Waals surface area (Å²) in [7, 11) is -3.79. The maximum Gasteiger partial charge on any atom is 0.265 e. The first-order valence-corrected chi connectivity index (χ1v) is 8.53. The van der Waals surface area contributed by atoms with Crippen molar-refractivity contribution < 1.29 is 8.42 Å². The lowest BCUT2D eigenvalue weighted by atomic mass is 10.3. The van der Waals surface area contributed by atoms with Crippen molar-refractivity contribution in [1.82, 2.24) is 25.6 Å². The second kappa shape index (κ2) is 6.62. The number of benzene rings is 1. The van der Waals surface area contributed by atoms with E-state index in [9.17, 15) is 8.42 Å². The summed E-state index contributed by atoms with van der Waals surface area (Å²) < 4.78 is 27.2. The highest BCUT2D eigenvalue weighted by Crippen LogP contribution is 2.22. The van der Waals surface area contributed by atoms with Gasteiger partial charge in [0, 0.05) is 24.8 Å². The maximum atomic E-state index is 13.0. The summed E-state index contributed by atoms with van der Waals surface area (Å²) in [5.74, 6) is 0.737. The van der Waals surface area contributed by atoms with Gasteiger partial charge in [0.25, 0.3) is 10.0 Å². The van der Waals surface area contributed by atoms with Crippen LogP contribution in [0.1, 0.15) is 5.82 Å². The number of nitrogens with two attached hydrogens (primary N) is 1. The summed E-state index contributed by atoms with van der Waals surface area (Å²) in [5, 5.41) is 13.5. The number of anilines is 2. The second-order valence-electron chi connectivity index (χ2n) is 4.91. The van der Waals surface area contributed by atoms with Crippen molar-refractivity contribution in [3.63, 3.8) is 0 Å². The highest BCUT2D eigenvalue weighted by Gasteiger charge is 2.26. The van der Waals surface area contributed by atoms with Crippen LogP contribution in [0.15, 0.2) is 53.6 Å². The number of H-pyrrole nitrogens is 1. The predicted molar refractivity (Wildman–Crippen MR) is 87.5 cm³/mol. The fraction of sp³-hybridized carbons (Fsp3) is 0.143. The summed E-state index contributed by atoms with van der Waals surface area (Å²) in [6.45, 7) is 0.128. The van der Waals surface area contributed by atoms with E-state index in [1.165, 1.54) is 22.6 Å². The lowest BCUT2D eigenvalue weighted by Gasteiger charge is -2.23. The normalized spacial score (nSPS) is 11.3. The molecule has 0 aliphatic heterocycles. The molecule has 3 rings (SSSR count). The molecular formula is C14H15N7O2S. The third kappa shape index (κ3) is 3.33. The number of nitrogens with zero attached hydrogens (tertiary/aromatic N) is 5. The van der Waals surface area contributed by atoms with Crippen LogP contribution in [0.5, 0.6) is 0 Å². The largest absolute Gasteiger partial charge is 0.399 e. The number of hydrogen-bond acceptors (Lipinski definition) is 7. The first-order valence-electron chi connectivity index (χ1n) is 7.09. The molecular weight excluding hydrogens is 330 g/mol. The molecule has 0 radical (unpaired) electrons. The number of aromatic nitrogens is 5. The number of nitrogen functional groups attached to an aromatic ring is 1. The predicted octanol–water partition coefficient (Wildman–Crippen LogP) is 0.615. The number of rotatable bonds is 6. The Labute approximate surface area is 138 Å². The molecule has 1 aromatic carbocycles. The van der Waals surface area contributed by atoms with E-state index in [4.69, 9.17) is 5.73 Å². The number of tetrazole rings is 1. The third-order valence-corrected chi connectivity index (χ3v) is 5.12. The van der Waals surface area contributed by atoms with Crippen molar-refractivity contribution in [2.75, 3.05) is 16.6 Å². The molecule has 0 bridgehead atoms. The molecule has 0 aliphatic rings. The minimum absolute atomic E-state index is 0.128. The molecule has 10 heteroatoms. The van der Waals surface area contributed by atoms with Crippen LogP contribution in [0.3, 0.4) is 0 Å². The Balaban J connectivity index is 1.95. The molecule has 124 valence electrons. The minimum Gasteiger partial charge on any atom is -0.399 e. The van der Waals surface area contributed by atoms with Crippen LogP contribution < -0.4 is 10.0 Å². The van der Waals surface area contributed by atoms with E-state index in [1.54, 1.807) is 30.3 Å². The van der Waals surface area contributed by atoms with E-state index in [-0.39, 0.29) is 11.4 Å². The SMILES string of the molecule is Nc1ccc(S(=O)(=O)N(CCc2nn[nH]n2)c2ccccn2)cc1. The summed E-state index contributed by atoms with van der Waals surface area (Å²) in [5.41, 5.74) is 6.12. The van der Waals surface area contributed by atoms with E-state index >= 15 is 0 Å². The maximum absolute atomic E-state index is 13.0. The van der Waals surface area contributed by atoms with Gasteiger partial charge in [-0.1, -0.05) is 11.3 Å². The number of nitrogens with one attached hydrogen (secondary N) is 1. The average molecular weight is 345 g/mol. The lowest BCUT2D eigenvalue weighted by Crippen LogP contribution is -2.33. The topological polar surface area (TPSA) is 131 Å². The fourth-order valence-corrected chi connectivity index (χ4v) is 3.54. The van der Waals surface area contributed by atoms with Gasteiger partial charge in [-0.3, -0.25) is 0 Å². The monoisotopic (exact) mass is 345 g/mol. The van der Waals surface area contributed by atoms with Crippen LogP contribution in [0, 0.1) is 0 Å². The standard InChI is InChI=1S/C14H15N7O2S/c15-11-4-6-12(7-5-11)24(22,23)21(14-3-1-2-9-16-14)10-8-13-17-19-20-18-13/h1-7,9H,8,10,15H2,(H,17,18,19,20). The van der Waals surface area contributed by atoms with E-state index in [2.05, 4.69) is 25.6 Å². The van der Waals surface area contributed by atoms with Crippen molar-refractivity contribution in [3.8, 4) is 0 Å². The Hall–Kier alpha value is -3.01. The van der Waals surface area contributed by atoms with Gasteiger partial charge in [0.1, 0.15) is 5.82 Å². The van der Waals surface area contributed by atoms with Crippen molar-refractivity contribution in [1.29, 1.82) is 0 Å². The van der Waals surface area contributed by atoms with Crippen LogP contribution in [-0.2, 0) is 16.4 Å². The smallest absolute Gasteiger partial charge is 0.265 e. The lowest BCUT2D eigenvalue weighted by molar-refractivity contribution is 0.589. The quantitative estimate of drug-likeness (QED) is 0.626. The van der Waals surface area contributed by atoms with Gasteiger partial charge >= 0.3 is 0 Å². The van der Waals surface area contributed by atoms with Gasteiger partial charge < -0.3 is 5.73 Å². The van der Waals surface area contributed by atoms with E-state index in [0.717, 1.165) is 0 Å². The molecule has 0 unspecified atom stereocenters. The molecule has 0 saturated heterocycles. The second-order valence-corrected chi connectivity index (χ2v) is 6.77. The Morgan fingerprint density at radius 3 is 2.54 bits per heavy atom. The molecule has 0 atom stereocenters. The molecule has 0 fully saturated rings. The van der Waals surface area contributed by atoms with Crippen molar-refractivity contribution in [2.24, 2.45) is 0 Å². The van der Waals surface area contributed by atoms with Gasteiger partial charge in [-0.15, -0.1) is 10.2 Å². The molecule has 3 N–H and O–H groups in total. The average Bonchev–Trinajstić information content (AvgIpc) is 3.10. The van der Waals surface area contributed by atoms with E-state index < -0.39 is 10.0 Å². The molecule has 0 spiro atoms. The van der Waals surface area contributed by atoms with Crippen LogP contribution >= 0.6 is 0 Å². The fourth-order valence-electron chi connectivity index (χ4n) is 2.12. The summed E-state index contributed by atoms with van der Waals surface area (Å²) in [4.78, 5) is 4.28. The Morgan fingerprint density at radius 1 is 1.12 bits per heavy atom. The zero-order chi connectivity index (χ0) is 17.0. The van der Waals surface area contributed by atoms with E-state index in [0.29, 0.717) is 23.8 Å². The Kier molecular flexibility index (Phi) is 4.38. The van der Waals surface area contributed by atoms with Gasteiger partial charge in [-0.05, 0) is 36.4 Å². The van der Waals surface area contributed by atoms with Gasteiger partial charge in [0.15, 0.2) is 5.82 Å². The molecule has 24 heavy (non-hydrogen) atoms. The van der Waals surface area contributed by atoms with Gasteiger partial charge in [0.2, 0.25) is 0 Å². The molecule has 0 amide bonds. The van der Waals surface area contributed by atoms with Crippen LogP contribution in [0.4, 0.5) is 11.5 Å². The van der Waals surface area contributed by atoms with Crippen LogP contribution in [-0.4, -0.2) is 40.6 Å². The number of hydrogen-bond donors (Lipinski definition) is 2. The Morgan fingerprint density at radius 2 is 1.92 bits per heavy atom. The van der Waals surface area contributed by atoms with Gasteiger partial charge in [-0.2, -0.15) is 5.21 Å². The summed E-state index contributed by atoms with van der Waals surface area (Å²) in [6, 6.07) is 11.1. The summed E-state index contributed by atoms with van der Waals surface area (Å²) in [6.07, 6.45) is 1.83. The van der Waals surface area contributed by atoms with Crippen LogP contribution in [0.25, 0.3) is 0 Å². The molecule has 2 heterocycles. The molecule has 2 aromatic heterocycles. The highest BCUT2D eigenvalue weighted by molar-refractivity contribution is 7.92. The number of sulfonamides is 1.